The number of aromatic nitrogens is 2. The molecule has 1 saturated heterocycles. The Morgan fingerprint density at radius 1 is 1.39 bits per heavy atom. The summed E-state index contributed by atoms with van der Waals surface area (Å²) in [7, 11) is 0. The Bertz CT molecular complexity index is 405. The topological polar surface area (TPSA) is 75.5 Å². The molecule has 0 aromatic carbocycles. The summed E-state index contributed by atoms with van der Waals surface area (Å²) >= 11 is 0. The standard InChI is InChI=1S/C12H17N3O3/c16-12(17)10-4-5-13-14-11(10)18-9-8-15-6-2-1-3-7-15/h4-5H,1-3,6-9H2,(H,16,17). The number of likely N-dealkylation sites (tertiary alicyclic amines) is 1. The Morgan fingerprint density at radius 2 is 2.17 bits per heavy atom. The second-order valence-electron chi connectivity index (χ2n) is 4.31. The SMILES string of the molecule is O=C(O)c1ccnnc1OCCN1CCCCC1. The lowest BCUT2D eigenvalue weighted by atomic mass is 10.1. The molecule has 0 spiro atoms. The summed E-state index contributed by atoms with van der Waals surface area (Å²) in [6.45, 7) is 3.43. The smallest absolute Gasteiger partial charge is 0.341 e. The molecule has 1 aliphatic rings. The third-order valence-corrected chi connectivity index (χ3v) is 3.01. The van der Waals surface area contributed by atoms with Crippen molar-refractivity contribution in [2.24, 2.45) is 0 Å². The Balaban J connectivity index is 1.84. The zero-order chi connectivity index (χ0) is 12.8. The largest absolute Gasteiger partial charge is 0.477 e. The predicted molar refractivity (Wildman–Crippen MR) is 64.8 cm³/mol. The van der Waals surface area contributed by atoms with Crippen molar-refractivity contribution in [2.75, 3.05) is 26.2 Å². The number of piperidine rings is 1. The highest BCUT2D eigenvalue weighted by Gasteiger charge is 2.14. The van der Waals surface area contributed by atoms with Crippen LogP contribution >= 0.6 is 0 Å². The minimum absolute atomic E-state index is 0.0589. The summed E-state index contributed by atoms with van der Waals surface area (Å²) in [6.07, 6.45) is 5.10. The van der Waals surface area contributed by atoms with Gasteiger partial charge in [-0.25, -0.2) is 4.79 Å². The summed E-state index contributed by atoms with van der Waals surface area (Å²) in [6, 6.07) is 1.39. The molecule has 1 aromatic rings. The molecule has 98 valence electrons. The van der Waals surface area contributed by atoms with Gasteiger partial charge in [-0.05, 0) is 32.0 Å². The third kappa shape index (κ3) is 3.40. The number of hydrogen-bond acceptors (Lipinski definition) is 5. The van der Waals surface area contributed by atoms with Gasteiger partial charge < -0.3 is 9.84 Å². The van der Waals surface area contributed by atoms with E-state index in [2.05, 4.69) is 15.1 Å². The van der Waals surface area contributed by atoms with E-state index in [0.717, 1.165) is 19.6 Å². The molecule has 6 nitrogen and oxygen atoms in total. The number of hydrogen-bond donors (Lipinski definition) is 1. The highest BCUT2D eigenvalue weighted by atomic mass is 16.5. The molecule has 0 unspecified atom stereocenters. The monoisotopic (exact) mass is 251 g/mol. The van der Waals surface area contributed by atoms with E-state index in [1.54, 1.807) is 0 Å². The zero-order valence-electron chi connectivity index (χ0n) is 10.2. The summed E-state index contributed by atoms with van der Waals surface area (Å²) in [5.74, 6) is -0.945. The fourth-order valence-corrected chi connectivity index (χ4v) is 2.04. The zero-order valence-corrected chi connectivity index (χ0v) is 10.2. The van der Waals surface area contributed by atoms with Crippen molar-refractivity contribution in [3.63, 3.8) is 0 Å². The second-order valence-corrected chi connectivity index (χ2v) is 4.31. The van der Waals surface area contributed by atoms with Crippen molar-refractivity contribution < 1.29 is 14.6 Å². The maximum absolute atomic E-state index is 10.9. The maximum Gasteiger partial charge on any atom is 0.341 e. The van der Waals surface area contributed by atoms with E-state index in [1.165, 1.54) is 31.5 Å². The number of carboxylic acid groups (broad SMARTS) is 1. The van der Waals surface area contributed by atoms with Crippen LogP contribution in [0.3, 0.4) is 0 Å². The van der Waals surface area contributed by atoms with Crippen LogP contribution in [-0.2, 0) is 0 Å². The summed E-state index contributed by atoms with van der Waals surface area (Å²) in [5.41, 5.74) is 0.0589. The lowest BCUT2D eigenvalue weighted by molar-refractivity contribution is 0.0689. The molecule has 0 bridgehead atoms. The average molecular weight is 251 g/mol. The first-order chi connectivity index (χ1) is 8.77. The third-order valence-electron chi connectivity index (χ3n) is 3.01. The number of ether oxygens (including phenoxy) is 1. The van der Waals surface area contributed by atoms with E-state index in [1.807, 2.05) is 0 Å². The van der Waals surface area contributed by atoms with Crippen molar-refractivity contribution in [3.8, 4) is 5.88 Å². The highest BCUT2D eigenvalue weighted by molar-refractivity contribution is 5.89. The first-order valence-corrected chi connectivity index (χ1v) is 6.17. The Kier molecular flexibility index (Phi) is 4.46. The Hall–Kier alpha value is -1.69. The number of nitrogens with zero attached hydrogens (tertiary/aromatic N) is 3. The van der Waals surface area contributed by atoms with Gasteiger partial charge in [0.2, 0.25) is 5.88 Å². The van der Waals surface area contributed by atoms with E-state index >= 15 is 0 Å². The lowest BCUT2D eigenvalue weighted by Crippen LogP contribution is -2.33. The van der Waals surface area contributed by atoms with Gasteiger partial charge in [0, 0.05) is 6.54 Å². The van der Waals surface area contributed by atoms with Crippen LogP contribution in [0, 0.1) is 0 Å². The molecule has 1 aromatic heterocycles. The molecule has 2 rings (SSSR count). The van der Waals surface area contributed by atoms with Crippen LogP contribution in [0.25, 0.3) is 0 Å². The van der Waals surface area contributed by atoms with Gasteiger partial charge in [-0.15, -0.1) is 5.10 Å². The van der Waals surface area contributed by atoms with Crippen molar-refractivity contribution in [3.05, 3.63) is 17.8 Å². The van der Waals surface area contributed by atoms with Gasteiger partial charge in [0.1, 0.15) is 12.2 Å². The molecule has 0 atom stereocenters. The van der Waals surface area contributed by atoms with Gasteiger partial charge >= 0.3 is 5.97 Å². The number of carboxylic acids is 1. The highest BCUT2D eigenvalue weighted by Crippen LogP contribution is 2.13. The quantitative estimate of drug-likeness (QED) is 0.842. The second kappa shape index (κ2) is 6.30. The number of carbonyl (C=O) groups is 1. The van der Waals surface area contributed by atoms with Crippen molar-refractivity contribution >= 4 is 5.97 Å². The molecule has 0 amide bonds. The van der Waals surface area contributed by atoms with E-state index < -0.39 is 5.97 Å². The molecule has 0 aliphatic carbocycles. The summed E-state index contributed by atoms with van der Waals surface area (Å²) < 4.78 is 5.41. The van der Waals surface area contributed by atoms with E-state index in [0.29, 0.717) is 6.61 Å². The maximum atomic E-state index is 10.9. The normalized spacial score (nSPS) is 16.4. The molecule has 18 heavy (non-hydrogen) atoms. The van der Waals surface area contributed by atoms with Gasteiger partial charge in [0.15, 0.2) is 0 Å². The molecule has 1 N–H and O–H groups in total. The van der Waals surface area contributed by atoms with Crippen LogP contribution in [0.15, 0.2) is 12.3 Å². The molecular weight excluding hydrogens is 234 g/mol. The molecule has 1 aliphatic heterocycles. The number of rotatable bonds is 5. The molecule has 6 heteroatoms. The van der Waals surface area contributed by atoms with Gasteiger partial charge in [0.25, 0.3) is 0 Å². The Morgan fingerprint density at radius 3 is 2.89 bits per heavy atom. The average Bonchev–Trinajstić information content (AvgIpc) is 2.40. The minimum atomic E-state index is -1.04. The molecular formula is C12H17N3O3. The summed E-state index contributed by atoms with van der Waals surface area (Å²) in [4.78, 5) is 13.2. The van der Waals surface area contributed by atoms with Gasteiger partial charge in [-0.3, -0.25) is 4.90 Å². The van der Waals surface area contributed by atoms with Crippen LogP contribution in [0.4, 0.5) is 0 Å². The summed E-state index contributed by atoms with van der Waals surface area (Å²) in [5, 5.41) is 16.3. The van der Waals surface area contributed by atoms with Crippen molar-refractivity contribution in [1.82, 2.24) is 15.1 Å². The predicted octanol–water partition coefficient (Wildman–Crippen LogP) is 1.04. The number of aromatic carboxylic acids is 1. The Labute approximate surface area is 106 Å². The van der Waals surface area contributed by atoms with Crippen molar-refractivity contribution in [2.45, 2.75) is 19.3 Å². The minimum Gasteiger partial charge on any atom is -0.477 e. The van der Waals surface area contributed by atoms with Gasteiger partial charge in [-0.2, -0.15) is 5.10 Å². The first-order valence-electron chi connectivity index (χ1n) is 6.17. The van der Waals surface area contributed by atoms with Crippen LogP contribution < -0.4 is 4.74 Å². The van der Waals surface area contributed by atoms with Crippen LogP contribution in [0.1, 0.15) is 29.6 Å². The molecule has 0 saturated carbocycles. The van der Waals surface area contributed by atoms with Crippen molar-refractivity contribution in [1.29, 1.82) is 0 Å². The van der Waals surface area contributed by atoms with E-state index in [4.69, 9.17) is 9.84 Å². The molecule has 0 radical (unpaired) electrons. The van der Waals surface area contributed by atoms with Crippen LogP contribution in [0.2, 0.25) is 0 Å². The fraction of sp³-hybridized carbons (Fsp3) is 0.583. The van der Waals surface area contributed by atoms with Gasteiger partial charge in [-0.1, -0.05) is 6.42 Å². The van der Waals surface area contributed by atoms with E-state index in [-0.39, 0.29) is 11.4 Å². The van der Waals surface area contributed by atoms with Gasteiger partial charge in [0.05, 0.1) is 6.20 Å². The molecule has 1 fully saturated rings. The first kappa shape index (κ1) is 12.8. The fourth-order valence-electron chi connectivity index (χ4n) is 2.04. The molecule has 2 heterocycles. The van der Waals surface area contributed by atoms with E-state index in [9.17, 15) is 4.79 Å². The van der Waals surface area contributed by atoms with Crippen LogP contribution in [-0.4, -0.2) is 52.4 Å². The van der Waals surface area contributed by atoms with Crippen LogP contribution in [0.5, 0.6) is 5.88 Å². The lowest BCUT2D eigenvalue weighted by Gasteiger charge is -2.26.